The van der Waals surface area contributed by atoms with E-state index in [2.05, 4.69) is 5.32 Å². The lowest BCUT2D eigenvalue weighted by Gasteiger charge is -2.56. The quantitative estimate of drug-likeness (QED) is 0.833. The van der Waals surface area contributed by atoms with Gasteiger partial charge in [0.05, 0.1) is 0 Å². The second-order valence-electron chi connectivity index (χ2n) is 8.74. The van der Waals surface area contributed by atoms with Crippen molar-refractivity contribution >= 4 is 11.9 Å². The van der Waals surface area contributed by atoms with Gasteiger partial charge in [0.2, 0.25) is 5.91 Å². The van der Waals surface area contributed by atoms with E-state index in [4.69, 9.17) is 0 Å². The molecule has 4 aliphatic carbocycles. The molecule has 2 N–H and O–H groups in total. The van der Waals surface area contributed by atoms with Crippen molar-refractivity contribution in [1.82, 2.24) is 5.32 Å². The zero-order valence-corrected chi connectivity index (χ0v) is 14.6. The highest BCUT2D eigenvalue weighted by Gasteiger charge is 2.51. The lowest BCUT2D eigenvalue weighted by atomic mass is 9.49. The molecule has 1 aromatic carbocycles. The summed E-state index contributed by atoms with van der Waals surface area (Å²) in [5, 5.41) is 12.3. The monoisotopic (exact) mass is 341 g/mol. The second-order valence-corrected chi connectivity index (χ2v) is 8.74. The number of carbonyl (C=O) groups excluding carboxylic acids is 1. The Labute approximate surface area is 149 Å². The molecule has 4 fully saturated rings. The van der Waals surface area contributed by atoms with Crippen molar-refractivity contribution in [2.45, 2.75) is 57.4 Å². The number of nitrogens with one attached hydrogen (secondary N) is 1. The number of hydrogen-bond donors (Lipinski definition) is 2. The molecular formula is C21H27NO3. The molecule has 1 atom stereocenters. The minimum atomic E-state index is -0.956. The maximum absolute atomic E-state index is 12.7. The molecule has 4 nitrogen and oxygen atoms in total. The molecule has 5 rings (SSSR count). The Kier molecular flexibility index (Phi) is 4.30. The molecule has 134 valence electrons. The van der Waals surface area contributed by atoms with E-state index < -0.39 is 12.0 Å². The normalized spacial score (nSPS) is 33.8. The number of rotatable bonds is 6. The fourth-order valence-electron chi connectivity index (χ4n) is 6.14. The average Bonchev–Trinajstić information content (AvgIpc) is 2.53. The molecule has 25 heavy (non-hydrogen) atoms. The molecule has 0 aromatic heterocycles. The summed E-state index contributed by atoms with van der Waals surface area (Å²) in [4.78, 5) is 24.2. The summed E-state index contributed by atoms with van der Waals surface area (Å²) >= 11 is 0. The second kappa shape index (κ2) is 6.47. The fourth-order valence-corrected chi connectivity index (χ4v) is 6.14. The first kappa shape index (κ1) is 16.6. The third-order valence-electron chi connectivity index (χ3n) is 6.62. The van der Waals surface area contributed by atoms with E-state index in [1.165, 1.54) is 38.5 Å². The molecule has 0 heterocycles. The molecule has 0 unspecified atom stereocenters. The lowest BCUT2D eigenvalue weighted by molar-refractivity contribution is -0.143. The SMILES string of the molecule is O=C(CC12CC3CC(CC(C3)C1)C2)N[C@@H](Cc1ccccc1)C(=O)O. The number of benzene rings is 1. The van der Waals surface area contributed by atoms with Gasteiger partial charge in [-0.25, -0.2) is 4.79 Å². The molecule has 1 aromatic rings. The molecule has 4 bridgehead atoms. The summed E-state index contributed by atoms with van der Waals surface area (Å²) in [6.07, 6.45) is 8.41. The summed E-state index contributed by atoms with van der Waals surface area (Å²) in [5.74, 6) is 1.38. The van der Waals surface area contributed by atoms with Crippen LogP contribution in [0.3, 0.4) is 0 Å². The van der Waals surface area contributed by atoms with Crippen LogP contribution >= 0.6 is 0 Å². The number of carbonyl (C=O) groups is 2. The van der Waals surface area contributed by atoms with Crippen LogP contribution in [0.2, 0.25) is 0 Å². The van der Waals surface area contributed by atoms with Crippen molar-refractivity contribution in [3.05, 3.63) is 35.9 Å². The van der Waals surface area contributed by atoms with Crippen molar-refractivity contribution in [3.8, 4) is 0 Å². The predicted octanol–water partition coefficient (Wildman–Crippen LogP) is 3.41. The number of amides is 1. The minimum Gasteiger partial charge on any atom is -0.480 e. The Morgan fingerprint density at radius 3 is 2.12 bits per heavy atom. The van der Waals surface area contributed by atoms with E-state index in [1.54, 1.807) is 0 Å². The molecular weight excluding hydrogens is 314 g/mol. The molecule has 0 saturated heterocycles. The largest absolute Gasteiger partial charge is 0.480 e. The summed E-state index contributed by atoms with van der Waals surface area (Å²) in [6.45, 7) is 0. The smallest absolute Gasteiger partial charge is 0.326 e. The molecule has 4 saturated carbocycles. The highest BCUT2D eigenvalue weighted by Crippen LogP contribution is 2.61. The van der Waals surface area contributed by atoms with Gasteiger partial charge in [-0.05, 0) is 67.3 Å². The summed E-state index contributed by atoms with van der Waals surface area (Å²) in [6, 6.07) is 8.66. The van der Waals surface area contributed by atoms with Crippen LogP contribution in [0, 0.1) is 23.2 Å². The van der Waals surface area contributed by atoms with Crippen LogP contribution in [-0.4, -0.2) is 23.0 Å². The van der Waals surface area contributed by atoms with Gasteiger partial charge in [0.25, 0.3) is 0 Å². The summed E-state index contributed by atoms with van der Waals surface area (Å²) < 4.78 is 0. The van der Waals surface area contributed by atoms with Gasteiger partial charge in [-0.15, -0.1) is 0 Å². The Morgan fingerprint density at radius 2 is 1.60 bits per heavy atom. The van der Waals surface area contributed by atoms with Gasteiger partial charge in [-0.3, -0.25) is 4.79 Å². The first-order chi connectivity index (χ1) is 12.0. The molecule has 0 spiro atoms. The fraction of sp³-hybridized carbons (Fsp3) is 0.619. The van der Waals surface area contributed by atoms with Crippen molar-refractivity contribution < 1.29 is 14.7 Å². The molecule has 4 aliphatic rings. The summed E-state index contributed by atoms with van der Waals surface area (Å²) in [7, 11) is 0. The minimum absolute atomic E-state index is 0.0784. The van der Waals surface area contributed by atoms with E-state index in [-0.39, 0.29) is 11.3 Å². The number of carboxylic acid groups (broad SMARTS) is 1. The van der Waals surface area contributed by atoms with E-state index in [0.717, 1.165) is 23.3 Å². The zero-order chi connectivity index (χ0) is 17.4. The van der Waals surface area contributed by atoms with Crippen LogP contribution in [0.1, 0.15) is 50.5 Å². The lowest BCUT2D eigenvalue weighted by Crippen LogP contribution is -2.50. The van der Waals surface area contributed by atoms with Crippen LogP contribution in [-0.2, 0) is 16.0 Å². The van der Waals surface area contributed by atoms with E-state index >= 15 is 0 Å². The predicted molar refractivity (Wildman–Crippen MR) is 94.9 cm³/mol. The van der Waals surface area contributed by atoms with Gasteiger partial charge >= 0.3 is 5.97 Å². The van der Waals surface area contributed by atoms with Crippen LogP contribution < -0.4 is 5.32 Å². The van der Waals surface area contributed by atoms with Gasteiger partial charge in [-0.1, -0.05) is 30.3 Å². The van der Waals surface area contributed by atoms with Gasteiger partial charge < -0.3 is 10.4 Å². The van der Waals surface area contributed by atoms with Gasteiger partial charge in [0.15, 0.2) is 0 Å². The maximum atomic E-state index is 12.7. The Morgan fingerprint density at radius 1 is 1.04 bits per heavy atom. The Hall–Kier alpha value is -1.84. The number of hydrogen-bond acceptors (Lipinski definition) is 2. The maximum Gasteiger partial charge on any atom is 0.326 e. The van der Waals surface area contributed by atoms with E-state index in [9.17, 15) is 14.7 Å². The Bertz CT molecular complexity index is 619. The van der Waals surface area contributed by atoms with E-state index in [0.29, 0.717) is 12.8 Å². The van der Waals surface area contributed by atoms with Crippen molar-refractivity contribution in [3.63, 3.8) is 0 Å². The van der Waals surface area contributed by atoms with Crippen molar-refractivity contribution in [2.24, 2.45) is 23.2 Å². The standard InChI is InChI=1S/C21H27NO3/c23-19(22-18(20(24)25)9-14-4-2-1-3-5-14)13-21-10-15-6-16(11-21)8-17(7-15)12-21/h1-5,15-18H,6-13H2,(H,22,23)(H,24,25)/t15?,16?,17?,18-,21?/m0/s1. The zero-order valence-electron chi connectivity index (χ0n) is 14.6. The van der Waals surface area contributed by atoms with Crippen molar-refractivity contribution in [1.29, 1.82) is 0 Å². The van der Waals surface area contributed by atoms with E-state index in [1.807, 2.05) is 30.3 Å². The number of aliphatic carboxylic acids is 1. The van der Waals surface area contributed by atoms with Gasteiger partial charge in [0.1, 0.15) is 6.04 Å². The topological polar surface area (TPSA) is 66.4 Å². The first-order valence-electron chi connectivity index (χ1n) is 9.57. The number of carboxylic acids is 1. The molecule has 0 aliphatic heterocycles. The molecule has 4 heteroatoms. The van der Waals surface area contributed by atoms with Crippen LogP contribution in [0.25, 0.3) is 0 Å². The van der Waals surface area contributed by atoms with Gasteiger partial charge in [0, 0.05) is 12.8 Å². The van der Waals surface area contributed by atoms with Gasteiger partial charge in [-0.2, -0.15) is 0 Å². The highest BCUT2D eigenvalue weighted by molar-refractivity contribution is 5.84. The molecule has 1 amide bonds. The third-order valence-corrected chi connectivity index (χ3v) is 6.62. The van der Waals surface area contributed by atoms with Crippen LogP contribution in [0.5, 0.6) is 0 Å². The Balaban J connectivity index is 1.39. The molecule has 0 radical (unpaired) electrons. The third kappa shape index (κ3) is 3.58. The first-order valence-corrected chi connectivity index (χ1v) is 9.57. The highest BCUT2D eigenvalue weighted by atomic mass is 16.4. The van der Waals surface area contributed by atoms with Crippen molar-refractivity contribution in [2.75, 3.05) is 0 Å². The average molecular weight is 341 g/mol. The van der Waals surface area contributed by atoms with Crippen LogP contribution in [0.4, 0.5) is 0 Å². The van der Waals surface area contributed by atoms with Crippen LogP contribution in [0.15, 0.2) is 30.3 Å². The summed E-state index contributed by atoms with van der Waals surface area (Å²) in [5.41, 5.74) is 1.08.